The molecule has 1 atom stereocenters. The van der Waals surface area contributed by atoms with E-state index < -0.39 is 0 Å². The van der Waals surface area contributed by atoms with E-state index in [1.165, 1.54) is 47.2 Å². The number of hydrogen-bond acceptors (Lipinski definition) is 2. The van der Waals surface area contributed by atoms with Crippen LogP contribution in [-0.2, 0) is 0 Å². The van der Waals surface area contributed by atoms with Crippen LogP contribution in [0.3, 0.4) is 0 Å². The lowest BCUT2D eigenvalue weighted by molar-refractivity contribution is 0.399. The molecule has 0 amide bonds. The number of piperidine rings is 1. The Bertz CT molecular complexity index is 364. The summed E-state index contributed by atoms with van der Waals surface area (Å²) in [6.45, 7) is 3.44. The molecule has 1 aliphatic rings. The third-order valence-electron chi connectivity index (χ3n) is 2.96. The van der Waals surface area contributed by atoms with E-state index in [4.69, 9.17) is 0 Å². The second-order valence-electron chi connectivity index (χ2n) is 4.51. The van der Waals surface area contributed by atoms with E-state index in [0.717, 1.165) is 0 Å². The molecule has 1 N–H and O–H groups in total. The second kappa shape index (κ2) is 5.99. The number of rotatable bonds is 3. The first-order valence-electron chi connectivity index (χ1n) is 5.88. The van der Waals surface area contributed by atoms with Crippen molar-refractivity contribution in [2.24, 2.45) is 0 Å². The van der Waals surface area contributed by atoms with Crippen molar-refractivity contribution in [2.75, 3.05) is 6.54 Å². The topological polar surface area (TPSA) is 12.0 Å². The number of halogens is 1. The van der Waals surface area contributed by atoms with E-state index in [9.17, 15) is 0 Å². The van der Waals surface area contributed by atoms with Crippen molar-refractivity contribution >= 4 is 33.3 Å². The van der Waals surface area contributed by atoms with Crippen molar-refractivity contribution in [1.82, 2.24) is 5.32 Å². The molecule has 0 saturated carbocycles. The molecule has 3 heteroatoms. The average Bonchev–Trinajstić information content (AvgIpc) is 2.65. The smallest absolute Gasteiger partial charge is 0.0288 e. The van der Waals surface area contributed by atoms with E-state index in [2.05, 4.69) is 45.7 Å². The van der Waals surface area contributed by atoms with E-state index in [1.807, 2.05) is 0 Å². The highest BCUT2D eigenvalue weighted by Crippen LogP contribution is 2.23. The monoisotopic (exact) mass is 299 g/mol. The summed E-state index contributed by atoms with van der Waals surface area (Å²) in [5, 5.41) is 5.73. The van der Waals surface area contributed by atoms with Gasteiger partial charge < -0.3 is 5.32 Å². The Hall–Kier alpha value is -0.120. The normalized spacial score (nSPS) is 22.4. The quantitative estimate of drug-likeness (QED) is 0.870. The Kier molecular flexibility index (Phi) is 4.62. The molecule has 0 radical (unpaired) electrons. The van der Waals surface area contributed by atoms with Crippen LogP contribution in [-0.4, -0.2) is 12.6 Å². The van der Waals surface area contributed by atoms with Gasteiger partial charge in [-0.25, -0.2) is 0 Å². The van der Waals surface area contributed by atoms with Crippen LogP contribution in [0.1, 0.15) is 37.5 Å². The molecule has 1 aromatic heterocycles. The van der Waals surface area contributed by atoms with Gasteiger partial charge in [0, 0.05) is 20.8 Å². The largest absolute Gasteiger partial charge is 0.314 e. The SMILES string of the molecule is CC(=Cc1cc(Br)cs1)CC1CCCCN1. The molecule has 2 rings (SSSR count). The zero-order valence-electron chi connectivity index (χ0n) is 9.63. The number of nitrogens with one attached hydrogen (secondary N) is 1. The summed E-state index contributed by atoms with van der Waals surface area (Å²) in [6, 6.07) is 2.89. The van der Waals surface area contributed by atoms with Gasteiger partial charge in [-0.15, -0.1) is 11.3 Å². The Morgan fingerprint density at radius 2 is 2.50 bits per heavy atom. The van der Waals surface area contributed by atoms with E-state index in [0.29, 0.717) is 6.04 Å². The highest BCUT2D eigenvalue weighted by molar-refractivity contribution is 9.10. The average molecular weight is 300 g/mol. The van der Waals surface area contributed by atoms with Gasteiger partial charge in [0.25, 0.3) is 0 Å². The van der Waals surface area contributed by atoms with Crippen LogP contribution in [0.2, 0.25) is 0 Å². The fraction of sp³-hybridized carbons (Fsp3) is 0.538. The lowest BCUT2D eigenvalue weighted by atomic mass is 9.98. The third-order valence-corrected chi connectivity index (χ3v) is 4.60. The molecule has 0 bridgehead atoms. The van der Waals surface area contributed by atoms with Crippen LogP contribution < -0.4 is 5.32 Å². The maximum absolute atomic E-state index is 3.59. The van der Waals surface area contributed by atoms with Crippen molar-refractivity contribution in [2.45, 2.75) is 38.6 Å². The van der Waals surface area contributed by atoms with Crippen molar-refractivity contribution < 1.29 is 0 Å². The van der Waals surface area contributed by atoms with E-state index >= 15 is 0 Å². The summed E-state index contributed by atoms with van der Waals surface area (Å²) in [4.78, 5) is 1.35. The first-order chi connectivity index (χ1) is 7.74. The first-order valence-corrected chi connectivity index (χ1v) is 7.56. The van der Waals surface area contributed by atoms with Crippen molar-refractivity contribution in [3.8, 4) is 0 Å². The second-order valence-corrected chi connectivity index (χ2v) is 6.37. The van der Waals surface area contributed by atoms with Crippen molar-refractivity contribution in [3.05, 3.63) is 26.4 Å². The molecule has 16 heavy (non-hydrogen) atoms. The minimum absolute atomic E-state index is 0.702. The van der Waals surface area contributed by atoms with E-state index in [1.54, 1.807) is 11.3 Å². The van der Waals surface area contributed by atoms with Crippen molar-refractivity contribution in [1.29, 1.82) is 0 Å². The molecular formula is C13H18BrNS. The summed E-state index contributed by atoms with van der Waals surface area (Å²) in [5.74, 6) is 0. The lowest BCUT2D eigenvalue weighted by Crippen LogP contribution is -2.33. The summed E-state index contributed by atoms with van der Waals surface area (Å²) < 4.78 is 1.19. The van der Waals surface area contributed by atoms with Crippen LogP contribution in [0.4, 0.5) is 0 Å². The Balaban J connectivity index is 1.91. The zero-order chi connectivity index (χ0) is 11.4. The molecule has 1 fully saturated rings. The molecule has 1 nitrogen and oxygen atoms in total. The Morgan fingerprint density at radius 1 is 1.62 bits per heavy atom. The van der Waals surface area contributed by atoms with Gasteiger partial charge in [0.15, 0.2) is 0 Å². The fourth-order valence-electron chi connectivity index (χ4n) is 2.19. The van der Waals surface area contributed by atoms with Gasteiger partial charge in [-0.05, 0) is 60.8 Å². The van der Waals surface area contributed by atoms with E-state index in [-0.39, 0.29) is 0 Å². The van der Waals surface area contributed by atoms with Gasteiger partial charge in [0.05, 0.1) is 0 Å². The van der Waals surface area contributed by atoms with Gasteiger partial charge in [-0.3, -0.25) is 0 Å². The van der Waals surface area contributed by atoms with Crippen LogP contribution >= 0.6 is 27.3 Å². The first kappa shape index (κ1) is 12.3. The molecule has 88 valence electrons. The van der Waals surface area contributed by atoms with Gasteiger partial charge in [0.2, 0.25) is 0 Å². The molecule has 1 aliphatic heterocycles. The Labute approximate surface area is 110 Å². The highest BCUT2D eigenvalue weighted by atomic mass is 79.9. The molecule has 0 aromatic carbocycles. The van der Waals surface area contributed by atoms with Gasteiger partial charge in [-0.1, -0.05) is 12.0 Å². The minimum Gasteiger partial charge on any atom is -0.314 e. The molecular weight excluding hydrogens is 282 g/mol. The van der Waals surface area contributed by atoms with Gasteiger partial charge >= 0.3 is 0 Å². The standard InChI is InChI=1S/C13H18BrNS/c1-10(6-12-4-2-3-5-15-12)7-13-8-11(14)9-16-13/h7-9,12,15H,2-6H2,1H3. The molecule has 0 spiro atoms. The predicted molar refractivity (Wildman–Crippen MR) is 75.9 cm³/mol. The van der Waals surface area contributed by atoms with Crippen LogP contribution in [0, 0.1) is 0 Å². The summed E-state index contributed by atoms with van der Waals surface area (Å²) in [7, 11) is 0. The fourth-order valence-corrected chi connectivity index (χ4v) is 3.65. The van der Waals surface area contributed by atoms with Crippen LogP contribution in [0.5, 0.6) is 0 Å². The molecule has 1 aromatic rings. The molecule has 2 heterocycles. The maximum atomic E-state index is 3.59. The van der Waals surface area contributed by atoms with Gasteiger partial charge in [-0.2, -0.15) is 0 Å². The third kappa shape index (κ3) is 3.72. The Morgan fingerprint density at radius 3 is 3.12 bits per heavy atom. The molecule has 1 saturated heterocycles. The summed E-state index contributed by atoms with van der Waals surface area (Å²) in [5.41, 5.74) is 1.48. The molecule has 0 aliphatic carbocycles. The lowest BCUT2D eigenvalue weighted by Gasteiger charge is -2.23. The maximum Gasteiger partial charge on any atom is 0.0288 e. The highest BCUT2D eigenvalue weighted by Gasteiger charge is 2.12. The summed E-state index contributed by atoms with van der Waals surface area (Å²) in [6.07, 6.45) is 7.56. The van der Waals surface area contributed by atoms with Crippen LogP contribution in [0.15, 0.2) is 21.5 Å². The predicted octanol–water partition coefficient (Wildman–Crippen LogP) is 4.45. The van der Waals surface area contributed by atoms with Gasteiger partial charge in [0.1, 0.15) is 0 Å². The number of hydrogen-bond donors (Lipinski definition) is 1. The minimum atomic E-state index is 0.702. The van der Waals surface area contributed by atoms with Crippen LogP contribution in [0.25, 0.3) is 6.08 Å². The number of thiophene rings is 1. The summed E-state index contributed by atoms with van der Waals surface area (Å²) >= 11 is 5.29. The van der Waals surface area contributed by atoms with Crippen molar-refractivity contribution in [3.63, 3.8) is 0 Å². The zero-order valence-corrected chi connectivity index (χ0v) is 12.0. The molecule has 1 unspecified atom stereocenters.